The SMILES string of the molecule is C/C=c1\[nH]/c(=C2/C=C(C)C3(CC)C2=N/C(=C\c2[nH]c(C4=C5N=CC(CC)C5(CC)C(C)=C4)c(CC)c2CC)C3CC)c(CC)c1CC. The standard InChI is InChI=1S/C43H58N4/c1-12-27-24-44-40-32(21-25(10)42(27,40)19-8)38-31(16-5)29(14-3)36(46-38)23-37-34(17-6)43(20-9)26(11)22-33(41(43)47-37)39-30(15-4)28(13-2)35(18-7)45-39/h18,21-24,27,34,45-46H,12-17,19-20H2,1-11H3/b35-18-,37-23-,39-33-. The molecule has 4 nitrogen and oxygen atoms in total. The minimum absolute atomic E-state index is 0.0409. The number of hydrogen-bond donors (Lipinski definition) is 2. The predicted octanol–water partition coefficient (Wildman–Crippen LogP) is 9.60. The molecule has 0 fully saturated rings. The van der Waals surface area contributed by atoms with E-state index in [0.29, 0.717) is 11.8 Å². The summed E-state index contributed by atoms with van der Waals surface area (Å²) in [6.45, 7) is 25.4. The molecule has 0 spiro atoms. The highest BCUT2D eigenvalue weighted by Gasteiger charge is 2.53. The third kappa shape index (κ3) is 4.45. The van der Waals surface area contributed by atoms with Gasteiger partial charge < -0.3 is 9.97 Å². The van der Waals surface area contributed by atoms with E-state index in [4.69, 9.17) is 9.98 Å². The zero-order valence-corrected chi connectivity index (χ0v) is 31.1. The summed E-state index contributed by atoms with van der Waals surface area (Å²) in [5.41, 5.74) is 17.6. The van der Waals surface area contributed by atoms with Crippen LogP contribution in [-0.2, 0) is 25.7 Å². The quantitative estimate of drug-likeness (QED) is 0.263. The van der Waals surface area contributed by atoms with E-state index in [1.54, 1.807) is 0 Å². The van der Waals surface area contributed by atoms with Gasteiger partial charge in [0.05, 0.1) is 22.5 Å². The van der Waals surface area contributed by atoms with E-state index in [2.05, 4.69) is 117 Å². The van der Waals surface area contributed by atoms with E-state index in [1.807, 2.05) is 0 Å². The van der Waals surface area contributed by atoms with Crippen molar-refractivity contribution in [2.45, 2.75) is 128 Å². The van der Waals surface area contributed by atoms with Crippen molar-refractivity contribution >= 4 is 35.2 Å². The second kappa shape index (κ2) is 12.6. The van der Waals surface area contributed by atoms with Gasteiger partial charge in [0.15, 0.2) is 0 Å². The number of aliphatic imine (C=N–C) groups is 2. The lowest BCUT2D eigenvalue weighted by molar-refractivity contribution is 0.338. The van der Waals surface area contributed by atoms with Gasteiger partial charge in [0.1, 0.15) is 0 Å². The highest BCUT2D eigenvalue weighted by molar-refractivity contribution is 6.30. The van der Waals surface area contributed by atoms with Gasteiger partial charge in [-0.2, -0.15) is 0 Å². The summed E-state index contributed by atoms with van der Waals surface area (Å²) in [6.07, 6.45) is 20.2. The number of aromatic nitrogens is 2. The van der Waals surface area contributed by atoms with Crippen molar-refractivity contribution < 1.29 is 0 Å². The van der Waals surface area contributed by atoms with Crippen molar-refractivity contribution in [2.24, 2.45) is 32.7 Å². The molecule has 47 heavy (non-hydrogen) atoms. The summed E-state index contributed by atoms with van der Waals surface area (Å²) in [5, 5.41) is 2.55. The van der Waals surface area contributed by atoms with Crippen LogP contribution in [0, 0.1) is 22.7 Å². The predicted molar refractivity (Wildman–Crippen MR) is 203 cm³/mol. The highest BCUT2D eigenvalue weighted by Crippen LogP contribution is 2.58. The molecule has 4 atom stereocenters. The average Bonchev–Trinajstić information content (AvgIpc) is 3.90. The molecular weight excluding hydrogens is 573 g/mol. The molecule has 0 bridgehead atoms. The van der Waals surface area contributed by atoms with E-state index in [0.717, 1.165) is 51.4 Å². The largest absolute Gasteiger partial charge is 0.355 e. The molecule has 0 radical (unpaired) electrons. The first-order chi connectivity index (χ1) is 22.7. The third-order valence-electron chi connectivity index (χ3n) is 12.7. The van der Waals surface area contributed by atoms with Gasteiger partial charge in [-0.1, -0.05) is 84.8 Å². The van der Waals surface area contributed by atoms with E-state index in [9.17, 15) is 0 Å². The Morgan fingerprint density at radius 2 is 1.38 bits per heavy atom. The van der Waals surface area contributed by atoms with Crippen molar-refractivity contribution in [3.05, 3.63) is 79.0 Å². The van der Waals surface area contributed by atoms with E-state index >= 15 is 0 Å². The maximum atomic E-state index is 5.65. The molecule has 250 valence electrons. The molecular formula is C43H58N4. The third-order valence-corrected chi connectivity index (χ3v) is 12.7. The second-order valence-corrected chi connectivity index (χ2v) is 14.2. The Bertz CT molecular complexity index is 1910. The van der Waals surface area contributed by atoms with Crippen molar-refractivity contribution in [3.8, 4) is 0 Å². The van der Waals surface area contributed by atoms with Gasteiger partial charge in [0, 0.05) is 56.8 Å². The molecule has 2 aromatic rings. The number of fused-ring (bicyclic) bond motifs is 2. The molecule has 2 aliphatic carbocycles. The fourth-order valence-corrected chi connectivity index (χ4v) is 10.4. The van der Waals surface area contributed by atoms with E-state index in [-0.39, 0.29) is 10.8 Å². The number of rotatable bonds is 10. The minimum Gasteiger partial charge on any atom is -0.355 e. The molecule has 0 saturated heterocycles. The van der Waals surface area contributed by atoms with Gasteiger partial charge in [0.25, 0.3) is 0 Å². The fourth-order valence-electron chi connectivity index (χ4n) is 10.4. The number of allylic oxidation sites excluding steroid dienone is 6. The Balaban J connectivity index is 1.57. The Labute approximate surface area is 283 Å². The molecule has 2 N–H and O–H groups in total. The first-order valence-electron chi connectivity index (χ1n) is 18.8. The Morgan fingerprint density at radius 3 is 1.96 bits per heavy atom. The lowest BCUT2D eigenvalue weighted by atomic mass is 9.67. The fraction of sp³-hybridized carbons (Fsp3) is 0.535. The summed E-state index contributed by atoms with van der Waals surface area (Å²) in [6, 6.07) is 0. The zero-order valence-electron chi connectivity index (χ0n) is 31.1. The van der Waals surface area contributed by atoms with Gasteiger partial charge >= 0.3 is 0 Å². The Morgan fingerprint density at radius 1 is 0.745 bits per heavy atom. The number of hydrogen-bond acceptors (Lipinski definition) is 2. The van der Waals surface area contributed by atoms with Gasteiger partial charge in [0.2, 0.25) is 0 Å². The molecule has 4 heteroatoms. The maximum Gasteiger partial charge on any atom is 0.0609 e. The lowest BCUT2D eigenvalue weighted by Crippen LogP contribution is -2.33. The van der Waals surface area contributed by atoms with Crippen LogP contribution in [-0.4, -0.2) is 21.9 Å². The molecule has 0 saturated carbocycles. The van der Waals surface area contributed by atoms with Crippen molar-refractivity contribution in [3.63, 3.8) is 0 Å². The van der Waals surface area contributed by atoms with Crippen LogP contribution >= 0.6 is 0 Å². The molecule has 2 aromatic heterocycles. The minimum atomic E-state index is -0.0613. The van der Waals surface area contributed by atoms with Crippen LogP contribution in [0.25, 0.3) is 23.3 Å². The van der Waals surface area contributed by atoms with Crippen molar-refractivity contribution in [2.75, 3.05) is 0 Å². The average molecular weight is 631 g/mol. The van der Waals surface area contributed by atoms with E-state index < -0.39 is 0 Å². The first kappa shape index (κ1) is 33.5. The summed E-state index contributed by atoms with van der Waals surface area (Å²) >= 11 is 0. The first-order valence-corrected chi connectivity index (χ1v) is 18.8. The van der Waals surface area contributed by atoms with Crippen LogP contribution in [0.1, 0.15) is 135 Å². The van der Waals surface area contributed by atoms with Gasteiger partial charge in [-0.05, 0) is 100 Å². The normalized spacial score (nSPS) is 29.0. The molecule has 4 heterocycles. The number of nitrogens with zero attached hydrogens (tertiary/aromatic N) is 2. The van der Waals surface area contributed by atoms with Gasteiger partial charge in [-0.25, -0.2) is 0 Å². The van der Waals surface area contributed by atoms with Crippen LogP contribution in [0.15, 0.2) is 44.7 Å². The van der Waals surface area contributed by atoms with Crippen LogP contribution in [0.4, 0.5) is 0 Å². The van der Waals surface area contributed by atoms with Crippen LogP contribution in [0.5, 0.6) is 0 Å². The van der Waals surface area contributed by atoms with Crippen LogP contribution < -0.4 is 10.7 Å². The van der Waals surface area contributed by atoms with E-state index in [1.165, 1.54) is 83.7 Å². The van der Waals surface area contributed by atoms with Gasteiger partial charge in [-0.15, -0.1) is 0 Å². The molecule has 0 aromatic carbocycles. The molecule has 4 unspecified atom stereocenters. The highest BCUT2D eigenvalue weighted by atomic mass is 14.9. The topological polar surface area (TPSA) is 56.3 Å². The summed E-state index contributed by atoms with van der Waals surface area (Å²) in [7, 11) is 0. The Kier molecular flexibility index (Phi) is 8.96. The number of aromatic amines is 2. The maximum absolute atomic E-state index is 5.65. The zero-order chi connectivity index (χ0) is 33.8. The molecule has 4 aliphatic rings. The van der Waals surface area contributed by atoms with Gasteiger partial charge in [-0.3, -0.25) is 9.98 Å². The number of H-pyrrole nitrogens is 2. The lowest BCUT2D eigenvalue weighted by Gasteiger charge is -2.33. The monoisotopic (exact) mass is 630 g/mol. The summed E-state index contributed by atoms with van der Waals surface area (Å²) in [5.74, 6) is 0.816. The molecule has 0 amide bonds. The summed E-state index contributed by atoms with van der Waals surface area (Å²) in [4.78, 5) is 18.7. The Hall–Kier alpha value is -3.40. The van der Waals surface area contributed by atoms with Crippen molar-refractivity contribution in [1.82, 2.24) is 9.97 Å². The second-order valence-electron chi connectivity index (χ2n) is 14.2. The molecule has 6 rings (SSSR count). The number of nitrogens with one attached hydrogen (secondary N) is 2. The van der Waals surface area contributed by atoms with Crippen LogP contribution in [0.2, 0.25) is 0 Å². The molecule has 2 aliphatic heterocycles. The smallest absolute Gasteiger partial charge is 0.0609 e. The van der Waals surface area contributed by atoms with Crippen LogP contribution in [0.3, 0.4) is 0 Å². The summed E-state index contributed by atoms with van der Waals surface area (Å²) < 4.78 is 0. The van der Waals surface area contributed by atoms with Crippen molar-refractivity contribution in [1.29, 1.82) is 0 Å².